The molecule has 1 N–H and O–H groups in total. The van der Waals surface area contributed by atoms with Gasteiger partial charge in [-0.05, 0) is 43.7 Å². The summed E-state index contributed by atoms with van der Waals surface area (Å²) in [7, 11) is 0. The fourth-order valence-electron chi connectivity index (χ4n) is 4.42. The van der Waals surface area contributed by atoms with E-state index < -0.39 is 0 Å². The third kappa shape index (κ3) is 4.53. The maximum absolute atomic E-state index is 13.0. The van der Waals surface area contributed by atoms with Crippen molar-refractivity contribution in [1.82, 2.24) is 5.16 Å². The third-order valence-electron chi connectivity index (χ3n) is 5.96. The van der Waals surface area contributed by atoms with Crippen molar-refractivity contribution in [2.45, 2.75) is 65.7 Å². The number of aromatic nitrogens is 1. The van der Waals surface area contributed by atoms with Crippen LogP contribution < -0.4 is 0 Å². The van der Waals surface area contributed by atoms with Gasteiger partial charge in [-0.1, -0.05) is 36.7 Å². The Balaban J connectivity index is 1.69. The summed E-state index contributed by atoms with van der Waals surface area (Å²) in [5.41, 5.74) is 3.60. The van der Waals surface area contributed by atoms with Crippen molar-refractivity contribution in [3.63, 3.8) is 0 Å². The molecule has 0 spiro atoms. The number of aryl methyl sites for hydroxylation is 3. The molecule has 0 saturated heterocycles. The number of carbonyl (C=O) groups is 2. The highest BCUT2D eigenvalue weighted by Crippen LogP contribution is 2.37. The number of nitrogens with zero attached hydrogens (tertiary/aromatic N) is 2. The van der Waals surface area contributed by atoms with Crippen molar-refractivity contribution in [3.8, 4) is 0 Å². The predicted octanol–water partition coefficient (Wildman–Crippen LogP) is 5.41. The lowest BCUT2D eigenvalue weighted by atomic mass is 9.75. The number of fused-ring (bicyclic) bond motifs is 1. The lowest BCUT2D eigenvalue weighted by Crippen LogP contribution is -2.29. The molecule has 0 bridgehead atoms. The zero-order valence-corrected chi connectivity index (χ0v) is 18.3. The molecule has 2 aliphatic carbocycles. The molecule has 0 amide bonds. The van der Waals surface area contributed by atoms with Crippen LogP contribution in [0.1, 0.15) is 73.3 Å². The van der Waals surface area contributed by atoms with Gasteiger partial charge in [0.05, 0.1) is 28.2 Å². The minimum absolute atomic E-state index is 0.0621. The normalized spacial score (nSPS) is 19.0. The summed E-state index contributed by atoms with van der Waals surface area (Å²) >= 11 is 0. The summed E-state index contributed by atoms with van der Waals surface area (Å²) in [6, 6.07) is 7.71. The molecule has 1 aromatic carbocycles. The molecule has 0 unspecified atom stereocenters. The molecule has 0 saturated carbocycles. The minimum Gasteiger partial charge on any atom is -0.511 e. The van der Waals surface area contributed by atoms with Gasteiger partial charge < -0.3 is 9.63 Å². The minimum atomic E-state index is -0.281. The molecule has 0 aliphatic heterocycles. The largest absolute Gasteiger partial charge is 0.511 e. The Bertz CT molecular complexity index is 1090. The van der Waals surface area contributed by atoms with E-state index in [-0.39, 0.29) is 22.7 Å². The lowest BCUT2D eigenvalue weighted by Gasteiger charge is -2.30. The van der Waals surface area contributed by atoms with E-state index in [2.05, 4.69) is 5.16 Å². The molecule has 0 fully saturated rings. The van der Waals surface area contributed by atoms with Crippen LogP contribution in [0.2, 0.25) is 0 Å². The van der Waals surface area contributed by atoms with Gasteiger partial charge in [0.2, 0.25) is 0 Å². The van der Waals surface area contributed by atoms with Gasteiger partial charge in [0.1, 0.15) is 11.5 Å². The van der Waals surface area contributed by atoms with Gasteiger partial charge in [-0.25, -0.2) is 0 Å². The first-order chi connectivity index (χ1) is 14.7. The maximum atomic E-state index is 13.0. The van der Waals surface area contributed by atoms with E-state index in [4.69, 9.17) is 9.52 Å². The highest BCUT2D eigenvalue weighted by atomic mass is 16.5. The zero-order valence-electron chi connectivity index (χ0n) is 18.3. The van der Waals surface area contributed by atoms with Crippen molar-refractivity contribution in [2.75, 3.05) is 0 Å². The Morgan fingerprint density at radius 3 is 2.58 bits per heavy atom. The van der Waals surface area contributed by atoms with Crippen LogP contribution in [0.15, 0.2) is 45.1 Å². The molecule has 6 heteroatoms. The Morgan fingerprint density at radius 2 is 1.87 bits per heavy atom. The quantitative estimate of drug-likeness (QED) is 0.653. The first kappa shape index (κ1) is 21.2. The molecular formula is C25H28N2O4. The average molecular weight is 421 g/mol. The van der Waals surface area contributed by atoms with Gasteiger partial charge >= 0.3 is 0 Å². The van der Waals surface area contributed by atoms with Crippen LogP contribution in [-0.2, 0) is 17.6 Å². The second kappa shape index (κ2) is 8.25. The summed E-state index contributed by atoms with van der Waals surface area (Å²) in [5, 5.41) is 14.9. The summed E-state index contributed by atoms with van der Waals surface area (Å²) in [6.07, 6.45) is 3.60. The zero-order chi connectivity index (χ0) is 22.2. The van der Waals surface area contributed by atoms with E-state index in [1.54, 1.807) is 0 Å². The standard InChI is InChI=1S/C25H28N2O4/c1-15-7-9-16(10-8-15)26-17(23-20(29)13-25(2,3)14-21(23)30)11-12-18-24-19(28)5-4-6-22(24)31-27-18/h7-10,29H,4-6,11-14H2,1-3H3. The van der Waals surface area contributed by atoms with Gasteiger partial charge in [0.25, 0.3) is 0 Å². The van der Waals surface area contributed by atoms with Crippen LogP contribution in [-0.4, -0.2) is 27.5 Å². The number of hydrogen-bond acceptors (Lipinski definition) is 6. The van der Waals surface area contributed by atoms with Gasteiger partial charge in [-0.15, -0.1) is 0 Å². The van der Waals surface area contributed by atoms with E-state index in [0.717, 1.165) is 24.1 Å². The van der Waals surface area contributed by atoms with Crippen molar-refractivity contribution in [3.05, 3.63) is 58.2 Å². The topological polar surface area (TPSA) is 92.8 Å². The number of aliphatic imine (C=N–C) groups is 1. The summed E-state index contributed by atoms with van der Waals surface area (Å²) < 4.78 is 5.40. The van der Waals surface area contributed by atoms with Crippen LogP contribution in [0.3, 0.4) is 0 Å². The van der Waals surface area contributed by atoms with Crippen LogP contribution >= 0.6 is 0 Å². The van der Waals surface area contributed by atoms with Gasteiger partial charge in [0.15, 0.2) is 11.6 Å². The second-order valence-corrected chi connectivity index (χ2v) is 9.36. The van der Waals surface area contributed by atoms with Gasteiger partial charge in [-0.2, -0.15) is 0 Å². The monoisotopic (exact) mass is 420 g/mol. The van der Waals surface area contributed by atoms with E-state index >= 15 is 0 Å². The first-order valence-electron chi connectivity index (χ1n) is 10.8. The number of allylic oxidation sites excluding steroid dienone is 2. The lowest BCUT2D eigenvalue weighted by molar-refractivity contribution is -0.117. The van der Waals surface area contributed by atoms with Crippen LogP contribution in [0.5, 0.6) is 0 Å². The number of aliphatic hydroxyl groups excluding tert-OH is 1. The Hall–Kier alpha value is -3.02. The average Bonchev–Trinajstić information content (AvgIpc) is 3.10. The SMILES string of the molecule is Cc1ccc(N=C(CCc2noc3c2C(=O)CCC3)C2=C(O)CC(C)(C)CC2=O)cc1. The maximum Gasteiger partial charge on any atom is 0.168 e. The number of rotatable bonds is 5. The molecule has 1 aromatic heterocycles. The molecule has 2 aliphatic rings. The first-order valence-corrected chi connectivity index (χ1v) is 10.8. The summed E-state index contributed by atoms with van der Waals surface area (Å²) in [4.78, 5) is 30.1. The highest BCUT2D eigenvalue weighted by molar-refractivity contribution is 6.23. The molecule has 1 heterocycles. The molecule has 0 atom stereocenters. The summed E-state index contributed by atoms with van der Waals surface area (Å²) in [6.45, 7) is 5.95. The van der Waals surface area contributed by atoms with Gasteiger partial charge in [-0.3, -0.25) is 14.6 Å². The van der Waals surface area contributed by atoms with Crippen molar-refractivity contribution < 1.29 is 19.2 Å². The van der Waals surface area contributed by atoms with E-state index in [9.17, 15) is 14.7 Å². The van der Waals surface area contributed by atoms with Crippen molar-refractivity contribution >= 4 is 23.0 Å². The number of benzene rings is 1. The Labute approximate surface area is 182 Å². The van der Waals surface area contributed by atoms with Gasteiger partial charge in [0, 0.05) is 25.7 Å². The fraction of sp³-hybridized carbons (Fsp3) is 0.440. The third-order valence-corrected chi connectivity index (χ3v) is 5.96. The van der Waals surface area contributed by atoms with E-state index in [1.807, 2.05) is 45.0 Å². The van der Waals surface area contributed by atoms with Crippen molar-refractivity contribution in [2.24, 2.45) is 10.4 Å². The number of ketones is 2. The smallest absolute Gasteiger partial charge is 0.168 e. The molecule has 0 radical (unpaired) electrons. The van der Waals surface area contributed by atoms with E-state index in [0.29, 0.717) is 60.4 Å². The molecule has 6 nitrogen and oxygen atoms in total. The Kier molecular flexibility index (Phi) is 5.65. The number of hydrogen-bond donors (Lipinski definition) is 1. The number of carbonyl (C=O) groups excluding carboxylic acids is 2. The molecule has 31 heavy (non-hydrogen) atoms. The van der Waals surface area contributed by atoms with Crippen LogP contribution in [0.4, 0.5) is 5.69 Å². The Morgan fingerprint density at radius 1 is 1.13 bits per heavy atom. The molecular weight excluding hydrogens is 392 g/mol. The fourth-order valence-corrected chi connectivity index (χ4v) is 4.42. The second-order valence-electron chi connectivity index (χ2n) is 9.36. The van der Waals surface area contributed by atoms with Crippen LogP contribution in [0, 0.1) is 12.3 Å². The molecule has 162 valence electrons. The van der Waals surface area contributed by atoms with Crippen LogP contribution in [0.25, 0.3) is 0 Å². The molecule has 2 aromatic rings. The number of aliphatic hydroxyl groups is 1. The van der Waals surface area contributed by atoms with Crippen molar-refractivity contribution in [1.29, 1.82) is 0 Å². The highest BCUT2D eigenvalue weighted by Gasteiger charge is 2.35. The predicted molar refractivity (Wildman–Crippen MR) is 118 cm³/mol. The molecule has 4 rings (SSSR count). The number of Topliss-reactive ketones (excluding diaryl/α,β-unsaturated/α-hetero) is 2. The summed E-state index contributed by atoms with van der Waals surface area (Å²) in [5.74, 6) is 0.705. The van der Waals surface area contributed by atoms with E-state index in [1.165, 1.54) is 0 Å².